The van der Waals surface area contributed by atoms with Gasteiger partial charge in [0.2, 0.25) is 5.78 Å². The van der Waals surface area contributed by atoms with Gasteiger partial charge in [0.25, 0.3) is 0 Å². The lowest BCUT2D eigenvalue weighted by Gasteiger charge is -2.60. The van der Waals surface area contributed by atoms with Crippen LogP contribution in [0.4, 0.5) is 4.39 Å². The molecule has 0 aromatic rings. The summed E-state index contributed by atoms with van der Waals surface area (Å²) in [6, 6.07) is 0. The molecule has 0 saturated heterocycles. The van der Waals surface area contributed by atoms with Crippen molar-refractivity contribution in [1.29, 1.82) is 0 Å². The van der Waals surface area contributed by atoms with E-state index in [2.05, 4.69) is 0 Å². The van der Waals surface area contributed by atoms with E-state index in [-0.39, 0.29) is 36.4 Å². The topological polar surface area (TPSA) is 107 Å². The summed E-state index contributed by atoms with van der Waals surface area (Å²) in [5.41, 5.74) is -3.02. The number of hydrogen-bond donors (Lipinski definition) is 1. The van der Waals surface area contributed by atoms with Crippen LogP contribution in [0.2, 0.25) is 0 Å². The number of carbonyl (C=O) groups excluding carboxylic acids is 4. The Balaban J connectivity index is 1.80. The van der Waals surface area contributed by atoms with Crippen LogP contribution in [-0.4, -0.2) is 53.1 Å². The quantitative estimate of drug-likeness (QED) is 0.622. The van der Waals surface area contributed by atoms with E-state index in [0.717, 1.165) is 0 Å². The Hall–Kier alpha value is -2.35. The molecule has 9 atom stereocenters. The van der Waals surface area contributed by atoms with Crippen LogP contribution in [-0.2, 0) is 28.7 Å². The van der Waals surface area contributed by atoms with Gasteiger partial charge in [0.1, 0.15) is 6.17 Å². The summed E-state index contributed by atoms with van der Waals surface area (Å²) in [7, 11) is 0. The van der Waals surface area contributed by atoms with Crippen molar-refractivity contribution in [2.75, 3.05) is 6.61 Å². The number of ether oxygens (including phenoxy) is 2. The normalized spacial score (nSPS) is 44.9. The van der Waals surface area contributed by atoms with Gasteiger partial charge in [-0.15, -0.1) is 0 Å². The maximum absolute atomic E-state index is 15.5. The largest absolute Gasteiger partial charge is 0.458 e. The zero-order valence-electron chi connectivity index (χ0n) is 20.3. The molecule has 0 amide bonds. The number of aliphatic hydroxyl groups excluding tert-OH is 1. The number of Topliss-reactive ketones (excluding diaryl/α,β-unsaturated/α-hetero) is 1. The number of fused-ring (bicyclic) bond motifs is 5. The van der Waals surface area contributed by atoms with Crippen molar-refractivity contribution in [3.05, 3.63) is 23.8 Å². The molecule has 4 rings (SSSR count). The van der Waals surface area contributed by atoms with Gasteiger partial charge < -0.3 is 14.6 Å². The number of halogens is 1. The molecule has 4 aliphatic carbocycles. The third-order valence-corrected chi connectivity index (χ3v) is 9.14. The van der Waals surface area contributed by atoms with E-state index in [1.165, 1.54) is 26.0 Å². The highest BCUT2D eigenvalue weighted by atomic mass is 19.1. The third kappa shape index (κ3) is 3.32. The minimum Gasteiger partial charge on any atom is -0.458 e. The number of aliphatic hydroxyl groups is 1. The Bertz CT molecular complexity index is 1000. The molecule has 8 heteroatoms. The van der Waals surface area contributed by atoms with Crippen LogP contribution in [0.3, 0.4) is 0 Å². The van der Waals surface area contributed by atoms with E-state index in [1.54, 1.807) is 6.08 Å². The monoisotopic (exact) mass is 476 g/mol. The van der Waals surface area contributed by atoms with E-state index in [1.807, 2.05) is 20.8 Å². The molecule has 0 radical (unpaired) electrons. The molecule has 186 valence electrons. The summed E-state index contributed by atoms with van der Waals surface area (Å²) in [6.07, 6.45) is 2.98. The molecular weight excluding hydrogens is 443 g/mol. The lowest BCUT2D eigenvalue weighted by Crippen LogP contribution is -2.64. The van der Waals surface area contributed by atoms with Gasteiger partial charge in [0.05, 0.1) is 6.10 Å². The molecule has 0 aliphatic heterocycles. The molecule has 0 aromatic carbocycles. The Morgan fingerprint density at radius 2 is 1.85 bits per heavy atom. The summed E-state index contributed by atoms with van der Waals surface area (Å²) in [6.45, 7) is 7.40. The zero-order valence-corrected chi connectivity index (χ0v) is 20.3. The molecule has 4 aliphatic rings. The van der Waals surface area contributed by atoms with Gasteiger partial charge in [-0.3, -0.25) is 19.2 Å². The van der Waals surface area contributed by atoms with Crippen molar-refractivity contribution in [3.63, 3.8) is 0 Å². The summed E-state index contributed by atoms with van der Waals surface area (Å²) >= 11 is 0. The molecule has 7 nitrogen and oxygen atoms in total. The molecule has 3 saturated carbocycles. The van der Waals surface area contributed by atoms with Crippen molar-refractivity contribution >= 4 is 23.5 Å². The van der Waals surface area contributed by atoms with E-state index >= 15 is 4.39 Å². The number of alkyl halides is 1. The van der Waals surface area contributed by atoms with Crippen LogP contribution < -0.4 is 0 Å². The predicted molar refractivity (Wildman–Crippen MR) is 119 cm³/mol. The van der Waals surface area contributed by atoms with Crippen LogP contribution in [0.1, 0.15) is 53.9 Å². The first-order chi connectivity index (χ1) is 15.8. The van der Waals surface area contributed by atoms with Crippen LogP contribution in [0.25, 0.3) is 0 Å². The first-order valence-corrected chi connectivity index (χ1v) is 11.9. The highest BCUT2D eigenvalue weighted by Crippen LogP contribution is 2.69. The summed E-state index contributed by atoms with van der Waals surface area (Å²) < 4.78 is 26.4. The van der Waals surface area contributed by atoms with Crippen LogP contribution >= 0.6 is 0 Å². The number of rotatable bonds is 4. The number of carbonyl (C=O) groups is 4. The Morgan fingerprint density at radius 1 is 1.18 bits per heavy atom. The first kappa shape index (κ1) is 24.8. The van der Waals surface area contributed by atoms with Gasteiger partial charge in [0.15, 0.2) is 18.0 Å². The molecule has 0 heterocycles. The SMILES string of the molecule is CC(=O)OCC(=O)[C@@]1(OC(C)=O)[C@@H](C)C[C@H]2[C@@H]3C[C@H](F)C4=CC(=O)C=C[C@]4(C)[C@@H]3[C@@H](O)C[C@@]21C. The van der Waals surface area contributed by atoms with Gasteiger partial charge in [0, 0.05) is 36.5 Å². The smallest absolute Gasteiger partial charge is 0.303 e. The summed E-state index contributed by atoms with van der Waals surface area (Å²) in [5.74, 6) is -3.35. The summed E-state index contributed by atoms with van der Waals surface area (Å²) in [4.78, 5) is 49.2. The number of allylic oxidation sites excluding steroid dienone is 4. The number of esters is 2. The van der Waals surface area contributed by atoms with Gasteiger partial charge in [-0.05, 0) is 48.8 Å². The molecule has 0 unspecified atom stereocenters. The van der Waals surface area contributed by atoms with E-state index in [9.17, 15) is 24.3 Å². The van der Waals surface area contributed by atoms with Crippen molar-refractivity contribution in [2.24, 2.45) is 34.5 Å². The standard InChI is InChI=1S/C26H33FO7/c1-13-8-18-17-10-20(27)19-9-16(30)6-7-24(19,4)23(17)21(31)11-25(18,5)26(13,34-15(3)29)22(32)12-33-14(2)28/h6-7,9,13,17-18,20-21,23,31H,8,10-12H2,1-5H3/t13-,17-,18-,20-,21-,23-,24-,25-,26-/m0/s1. The predicted octanol–water partition coefficient (Wildman–Crippen LogP) is 2.89. The molecule has 0 aromatic heterocycles. The molecule has 3 fully saturated rings. The molecule has 0 bridgehead atoms. The third-order valence-electron chi connectivity index (χ3n) is 9.14. The van der Waals surface area contributed by atoms with Gasteiger partial charge in [-0.25, -0.2) is 4.39 Å². The van der Waals surface area contributed by atoms with Gasteiger partial charge >= 0.3 is 11.9 Å². The number of ketones is 2. The maximum Gasteiger partial charge on any atom is 0.303 e. The van der Waals surface area contributed by atoms with Crippen molar-refractivity contribution < 1.29 is 38.1 Å². The minimum atomic E-state index is -1.61. The summed E-state index contributed by atoms with van der Waals surface area (Å²) in [5, 5.41) is 11.5. The Kier molecular flexibility index (Phi) is 5.91. The van der Waals surface area contributed by atoms with Crippen LogP contribution in [0.5, 0.6) is 0 Å². The average molecular weight is 477 g/mol. The van der Waals surface area contributed by atoms with Crippen molar-refractivity contribution in [2.45, 2.75) is 71.8 Å². The molecule has 34 heavy (non-hydrogen) atoms. The fourth-order valence-electron chi connectivity index (χ4n) is 8.02. The van der Waals surface area contributed by atoms with E-state index in [4.69, 9.17) is 9.47 Å². The maximum atomic E-state index is 15.5. The highest BCUT2D eigenvalue weighted by Gasteiger charge is 2.73. The van der Waals surface area contributed by atoms with E-state index < -0.39 is 59.0 Å². The second-order valence-corrected chi connectivity index (χ2v) is 11.0. The molecular formula is C26H33FO7. The lowest BCUT2D eigenvalue weighted by atomic mass is 9.46. The van der Waals surface area contributed by atoms with Crippen LogP contribution in [0.15, 0.2) is 23.8 Å². The minimum absolute atomic E-state index is 0.117. The molecule has 1 N–H and O–H groups in total. The fourth-order valence-corrected chi connectivity index (χ4v) is 8.02. The lowest BCUT2D eigenvalue weighted by molar-refractivity contribution is -0.206. The van der Waals surface area contributed by atoms with Crippen molar-refractivity contribution in [3.8, 4) is 0 Å². The first-order valence-electron chi connectivity index (χ1n) is 11.9. The zero-order chi connectivity index (χ0) is 25.2. The van der Waals surface area contributed by atoms with Gasteiger partial charge in [-0.1, -0.05) is 26.8 Å². The average Bonchev–Trinajstić information content (AvgIpc) is 2.94. The second-order valence-electron chi connectivity index (χ2n) is 11.0. The molecule has 0 spiro atoms. The highest BCUT2D eigenvalue weighted by molar-refractivity contribution is 6.01. The van der Waals surface area contributed by atoms with Gasteiger partial charge in [-0.2, -0.15) is 0 Å². The van der Waals surface area contributed by atoms with E-state index in [0.29, 0.717) is 12.0 Å². The van der Waals surface area contributed by atoms with Crippen molar-refractivity contribution in [1.82, 2.24) is 0 Å². The second kappa shape index (κ2) is 8.11. The number of hydrogen-bond acceptors (Lipinski definition) is 7. The Morgan fingerprint density at radius 3 is 2.47 bits per heavy atom. The Labute approximate surface area is 198 Å². The fraction of sp³-hybridized carbons (Fsp3) is 0.692. The van der Waals surface area contributed by atoms with Crippen LogP contribution in [0, 0.1) is 34.5 Å².